The molecule has 0 bridgehead atoms. The Morgan fingerprint density at radius 1 is 1.10 bits per heavy atom. The van der Waals surface area contributed by atoms with Crippen molar-refractivity contribution in [2.45, 2.75) is 40.0 Å². The van der Waals surface area contributed by atoms with Gasteiger partial charge in [-0.2, -0.15) is 5.10 Å². The lowest BCUT2D eigenvalue weighted by atomic mass is 9.95. The minimum absolute atomic E-state index is 0.116. The van der Waals surface area contributed by atoms with Gasteiger partial charge in [-0.3, -0.25) is 5.43 Å². The lowest BCUT2D eigenvalue weighted by Gasteiger charge is -2.28. The number of hydrazone groups is 1. The van der Waals surface area contributed by atoms with E-state index in [0.717, 1.165) is 11.3 Å². The van der Waals surface area contributed by atoms with Crippen LogP contribution in [0.5, 0.6) is 17.2 Å². The van der Waals surface area contributed by atoms with Crippen molar-refractivity contribution in [3.63, 3.8) is 0 Å². The molecule has 1 aliphatic rings. The van der Waals surface area contributed by atoms with Crippen molar-refractivity contribution < 1.29 is 33.6 Å². The Hall–Kier alpha value is -4.25. The monoisotopic (exact) mass is 540 g/mol. The van der Waals surface area contributed by atoms with Crippen molar-refractivity contribution in [1.29, 1.82) is 0 Å². The molecule has 4 N–H and O–H groups in total. The number of esters is 1. The van der Waals surface area contributed by atoms with E-state index in [1.165, 1.54) is 7.11 Å². The van der Waals surface area contributed by atoms with Gasteiger partial charge in [-0.15, -0.1) is 0 Å². The number of carbonyl (C=O) groups is 2. The minimum Gasteiger partial charge on any atom is -0.493 e. The topological polar surface area (TPSA) is 140 Å². The van der Waals surface area contributed by atoms with E-state index in [1.807, 2.05) is 31.2 Å². The Balaban J connectivity index is 1.62. The Morgan fingerprint density at radius 2 is 1.85 bits per heavy atom. The highest BCUT2D eigenvalue weighted by Crippen LogP contribution is 2.34. The SMILES string of the molecule is CCOc1cc([C@H]2NC(=O)NC(C)=C2C(=O)OC)ccc1OC[C@@H](O)N/N=C\c1ccc(OCC(C)C)cc1. The van der Waals surface area contributed by atoms with E-state index in [4.69, 9.17) is 18.9 Å². The number of amides is 2. The van der Waals surface area contributed by atoms with E-state index >= 15 is 0 Å². The molecule has 0 aromatic heterocycles. The second-order valence-corrected chi connectivity index (χ2v) is 9.19. The fourth-order valence-electron chi connectivity index (χ4n) is 3.73. The van der Waals surface area contributed by atoms with Gasteiger partial charge in [0.1, 0.15) is 12.4 Å². The van der Waals surface area contributed by atoms with Gasteiger partial charge >= 0.3 is 12.0 Å². The van der Waals surface area contributed by atoms with Crippen LogP contribution < -0.4 is 30.3 Å². The predicted molar refractivity (Wildman–Crippen MR) is 146 cm³/mol. The number of benzene rings is 2. The van der Waals surface area contributed by atoms with E-state index in [0.29, 0.717) is 41.9 Å². The summed E-state index contributed by atoms with van der Waals surface area (Å²) in [5.74, 6) is 1.44. The second-order valence-electron chi connectivity index (χ2n) is 9.19. The number of nitrogens with one attached hydrogen (secondary N) is 3. The summed E-state index contributed by atoms with van der Waals surface area (Å²) in [7, 11) is 1.28. The second kappa shape index (κ2) is 14.1. The van der Waals surface area contributed by atoms with Gasteiger partial charge in [0, 0.05) is 5.70 Å². The molecule has 11 heteroatoms. The highest BCUT2D eigenvalue weighted by atomic mass is 16.5. The summed E-state index contributed by atoms with van der Waals surface area (Å²) >= 11 is 0. The average molecular weight is 541 g/mol. The lowest BCUT2D eigenvalue weighted by molar-refractivity contribution is -0.136. The fraction of sp³-hybridized carbons (Fsp3) is 0.393. The number of carbonyl (C=O) groups excluding carboxylic acids is 2. The van der Waals surface area contributed by atoms with Crippen molar-refractivity contribution in [1.82, 2.24) is 16.1 Å². The number of methoxy groups -OCH3 is 1. The zero-order valence-electron chi connectivity index (χ0n) is 22.8. The molecule has 210 valence electrons. The summed E-state index contributed by atoms with van der Waals surface area (Å²) in [5.41, 5.74) is 4.74. The van der Waals surface area contributed by atoms with Crippen LogP contribution in [0.1, 0.15) is 44.9 Å². The number of aliphatic hydroxyl groups is 1. The third-order valence-corrected chi connectivity index (χ3v) is 5.57. The van der Waals surface area contributed by atoms with E-state index in [9.17, 15) is 14.7 Å². The molecule has 39 heavy (non-hydrogen) atoms. The van der Waals surface area contributed by atoms with Crippen molar-refractivity contribution in [2.24, 2.45) is 11.0 Å². The Bertz CT molecular complexity index is 1190. The maximum Gasteiger partial charge on any atom is 0.337 e. The van der Waals surface area contributed by atoms with E-state index in [1.54, 1.807) is 31.3 Å². The molecular formula is C28H36N4O7. The number of aliphatic hydroxyl groups excluding tert-OH is 1. The van der Waals surface area contributed by atoms with Crippen molar-refractivity contribution in [3.8, 4) is 17.2 Å². The van der Waals surface area contributed by atoms with Crippen molar-refractivity contribution in [2.75, 3.05) is 26.9 Å². The van der Waals surface area contributed by atoms with Gasteiger partial charge in [0.2, 0.25) is 0 Å². The first kappa shape index (κ1) is 29.3. The zero-order chi connectivity index (χ0) is 28.4. The predicted octanol–water partition coefficient (Wildman–Crippen LogP) is 3.24. The van der Waals surface area contributed by atoms with Crippen LogP contribution in [0.3, 0.4) is 0 Å². The van der Waals surface area contributed by atoms with Crippen LogP contribution >= 0.6 is 0 Å². The van der Waals surface area contributed by atoms with Crippen molar-refractivity contribution in [3.05, 3.63) is 64.9 Å². The Labute approximate surface area is 228 Å². The molecule has 0 spiro atoms. The van der Waals surface area contributed by atoms with Crippen LogP contribution in [-0.4, -0.2) is 56.5 Å². The molecule has 0 saturated heterocycles. The van der Waals surface area contributed by atoms with E-state index in [2.05, 4.69) is 35.0 Å². The summed E-state index contributed by atoms with van der Waals surface area (Å²) in [6.45, 7) is 8.51. The molecule has 2 aromatic rings. The molecule has 11 nitrogen and oxygen atoms in total. The van der Waals surface area contributed by atoms with Crippen LogP contribution in [0.2, 0.25) is 0 Å². The fourth-order valence-corrected chi connectivity index (χ4v) is 3.73. The largest absolute Gasteiger partial charge is 0.493 e. The third-order valence-electron chi connectivity index (χ3n) is 5.57. The smallest absolute Gasteiger partial charge is 0.337 e. The Morgan fingerprint density at radius 3 is 2.51 bits per heavy atom. The van der Waals surface area contributed by atoms with Crippen molar-refractivity contribution >= 4 is 18.2 Å². The standard InChI is InChI=1S/C28H36N4O7/c1-6-37-23-13-20(26-25(27(34)36-5)18(4)30-28(35)31-26)9-12-22(23)39-16-24(33)32-29-14-19-7-10-21(11-8-19)38-15-17(2)3/h7-14,17,24,26,32-33H,6,15-16H2,1-5H3,(H2,30,31,35)/b29-14-/t24-,26-/m1/s1. The number of rotatable bonds is 13. The van der Waals surface area contributed by atoms with Gasteiger partial charge < -0.3 is 34.7 Å². The highest BCUT2D eigenvalue weighted by Gasteiger charge is 2.32. The molecule has 2 amide bonds. The van der Waals surface area contributed by atoms with Crippen LogP contribution in [0, 0.1) is 5.92 Å². The van der Waals surface area contributed by atoms with Crippen LogP contribution in [-0.2, 0) is 9.53 Å². The average Bonchev–Trinajstić information content (AvgIpc) is 2.91. The normalized spacial score (nSPS) is 16.0. The summed E-state index contributed by atoms with van der Waals surface area (Å²) < 4.78 is 22.1. The highest BCUT2D eigenvalue weighted by molar-refractivity contribution is 5.95. The van der Waals surface area contributed by atoms with Crippen LogP contribution in [0.4, 0.5) is 4.79 Å². The third kappa shape index (κ3) is 8.37. The number of urea groups is 1. The van der Waals surface area contributed by atoms with Crippen LogP contribution in [0.25, 0.3) is 0 Å². The van der Waals surface area contributed by atoms with Gasteiger partial charge in [-0.05, 0) is 67.3 Å². The number of ether oxygens (including phenoxy) is 4. The quantitative estimate of drug-likeness (QED) is 0.131. The zero-order valence-corrected chi connectivity index (χ0v) is 22.8. The Kier molecular flexibility index (Phi) is 10.6. The van der Waals surface area contributed by atoms with Crippen LogP contribution in [0.15, 0.2) is 58.8 Å². The first-order valence-corrected chi connectivity index (χ1v) is 12.7. The molecule has 2 atom stereocenters. The van der Waals surface area contributed by atoms with E-state index < -0.39 is 24.3 Å². The maximum atomic E-state index is 12.4. The summed E-state index contributed by atoms with van der Waals surface area (Å²) in [5, 5.41) is 19.7. The molecule has 1 heterocycles. The minimum atomic E-state index is -1.09. The molecule has 1 aliphatic heterocycles. The first-order chi connectivity index (χ1) is 18.7. The number of hydrogen-bond donors (Lipinski definition) is 4. The number of hydrogen-bond acceptors (Lipinski definition) is 9. The van der Waals surface area contributed by atoms with Gasteiger partial charge in [-0.1, -0.05) is 19.9 Å². The first-order valence-electron chi connectivity index (χ1n) is 12.7. The molecule has 3 rings (SSSR count). The number of allylic oxidation sites excluding steroid dienone is 1. The van der Waals surface area contributed by atoms with Gasteiger partial charge in [0.05, 0.1) is 38.2 Å². The molecule has 0 fully saturated rings. The molecule has 0 radical (unpaired) electrons. The lowest BCUT2D eigenvalue weighted by Crippen LogP contribution is -2.45. The van der Waals surface area contributed by atoms with Gasteiger partial charge in [-0.25, -0.2) is 9.59 Å². The van der Waals surface area contributed by atoms with Gasteiger partial charge in [0.15, 0.2) is 17.7 Å². The number of nitrogens with zero attached hydrogens (tertiary/aromatic N) is 1. The maximum absolute atomic E-state index is 12.4. The molecule has 0 aliphatic carbocycles. The summed E-state index contributed by atoms with van der Waals surface area (Å²) in [6, 6.07) is 11.3. The van der Waals surface area contributed by atoms with E-state index in [-0.39, 0.29) is 12.2 Å². The molecule has 2 aromatic carbocycles. The molecular weight excluding hydrogens is 504 g/mol. The summed E-state index contributed by atoms with van der Waals surface area (Å²) in [6.07, 6.45) is 0.488. The molecule has 0 unspecified atom stereocenters. The summed E-state index contributed by atoms with van der Waals surface area (Å²) in [4.78, 5) is 24.5. The van der Waals surface area contributed by atoms with Gasteiger partial charge in [0.25, 0.3) is 0 Å². The molecule has 0 saturated carbocycles.